The summed E-state index contributed by atoms with van der Waals surface area (Å²) in [6, 6.07) is 0. The van der Waals surface area contributed by atoms with Crippen LogP contribution in [0.15, 0.2) is 34.9 Å². The van der Waals surface area contributed by atoms with Gasteiger partial charge in [-0.15, -0.1) is 0 Å². The normalized spacial score (nSPS) is 52.3. The molecule has 0 bridgehead atoms. The van der Waals surface area contributed by atoms with Crippen molar-refractivity contribution in [2.45, 2.75) is 221 Å². The maximum atomic E-state index is 12.6. The van der Waals surface area contributed by atoms with Gasteiger partial charge in [-0.2, -0.15) is 0 Å². The van der Waals surface area contributed by atoms with E-state index in [4.69, 9.17) is 13.3 Å². The predicted molar refractivity (Wildman–Crippen MR) is 256 cm³/mol. The number of hydrogen-bond acceptors (Lipinski definition) is 6. The van der Waals surface area contributed by atoms with Crippen molar-refractivity contribution in [1.82, 2.24) is 0 Å². The molecule has 6 nitrogen and oxygen atoms in total. The van der Waals surface area contributed by atoms with E-state index in [0.717, 1.165) is 77.0 Å². The van der Waals surface area contributed by atoms with Gasteiger partial charge in [0.1, 0.15) is 0 Å². The minimum Gasteiger partial charge on any atom is -0.370 e. The molecule has 0 spiro atoms. The highest BCUT2D eigenvalue weighted by Crippen LogP contribution is 2.70. The fourth-order valence-electron chi connectivity index (χ4n) is 21.0. The summed E-state index contributed by atoms with van der Waals surface area (Å²) in [5, 5.41) is 0. The van der Waals surface area contributed by atoms with Crippen LogP contribution in [0, 0.1) is 85.8 Å². The molecule has 1 unspecified atom stereocenters. The van der Waals surface area contributed by atoms with Gasteiger partial charge in [0.05, 0.1) is 18.3 Å². The molecular formula is C58H84O6Si. The Hall–Kier alpha value is -1.67. The minimum atomic E-state index is -3.24. The first-order chi connectivity index (χ1) is 30.9. The second-order valence-electron chi connectivity index (χ2n) is 27.0. The van der Waals surface area contributed by atoms with Crippen molar-refractivity contribution in [3.63, 3.8) is 0 Å². The van der Waals surface area contributed by atoms with E-state index in [-0.39, 0.29) is 50.8 Å². The highest BCUT2D eigenvalue weighted by Gasteiger charge is 2.66. The zero-order valence-corrected chi connectivity index (χ0v) is 42.6. The Morgan fingerprint density at radius 3 is 0.969 bits per heavy atom. The van der Waals surface area contributed by atoms with Gasteiger partial charge >= 0.3 is 8.80 Å². The van der Waals surface area contributed by atoms with Crippen molar-refractivity contribution in [2.75, 3.05) is 0 Å². The Morgan fingerprint density at radius 2 is 0.677 bits per heavy atom. The number of carbonyl (C=O) groups is 3. The number of fused-ring (bicyclic) bond motifs is 15. The van der Waals surface area contributed by atoms with Crippen LogP contribution in [0.2, 0.25) is 6.55 Å². The topological polar surface area (TPSA) is 78.9 Å². The van der Waals surface area contributed by atoms with Crippen LogP contribution in [-0.2, 0) is 27.7 Å². The summed E-state index contributed by atoms with van der Waals surface area (Å²) < 4.78 is 23.8. The molecule has 12 aliphatic carbocycles. The zero-order chi connectivity index (χ0) is 45.1. The summed E-state index contributed by atoms with van der Waals surface area (Å²) in [5.41, 5.74) is 5.25. The van der Waals surface area contributed by atoms with E-state index < -0.39 is 8.80 Å². The lowest BCUT2D eigenvalue weighted by atomic mass is 9.47. The molecule has 0 radical (unpaired) electrons. The number of hydrogen-bond donors (Lipinski definition) is 0. The Balaban J connectivity index is 0.828. The van der Waals surface area contributed by atoms with Crippen LogP contribution in [-0.4, -0.2) is 44.5 Å². The third-order valence-corrected chi connectivity index (χ3v) is 26.8. The van der Waals surface area contributed by atoms with Gasteiger partial charge in [0.15, 0.2) is 17.3 Å². The lowest BCUT2D eigenvalue weighted by Gasteiger charge is -2.59. The van der Waals surface area contributed by atoms with Gasteiger partial charge < -0.3 is 13.3 Å². The molecular weight excluding hydrogens is 821 g/mol. The highest BCUT2D eigenvalue weighted by atomic mass is 28.4. The average molecular weight is 905 g/mol. The van der Waals surface area contributed by atoms with Crippen LogP contribution in [0.3, 0.4) is 0 Å². The molecule has 0 aromatic carbocycles. The van der Waals surface area contributed by atoms with Crippen molar-refractivity contribution < 1.29 is 27.7 Å². The van der Waals surface area contributed by atoms with Crippen LogP contribution in [0.25, 0.3) is 0 Å². The summed E-state index contributed by atoms with van der Waals surface area (Å²) in [7, 11) is -3.24. The van der Waals surface area contributed by atoms with Crippen LogP contribution in [0.1, 0.15) is 196 Å². The van der Waals surface area contributed by atoms with E-state index in [1.807, 2.05) is 0 Å². The number of carbonyl (C=O) groups excluding carboxylic acids is 3. The largest absolute Gasteiger partial charge is 0.498 e. The first-order valence-electron chi connectivity index (χ1n) is 27.7. The SMILES string of the molecule is C[C@]12CC[C@@H]3[C@H](CCC4=CC(=O)CC[C@@]43C)[C@H]1CC[C@H]2O[Si](C)(O[C@@H]1CC[C@@H]2[C@@H]3CCC4=CC(=O)CC[C@]4(C)[C@@H]3CC[C@@]21C)O[C@@H]1CC[C@@H]2[C@@H]3CCC4=CC(=O)CC[C@@]4(C)[C@@H]3CC[C@@]21C. The molecule has 19 atom stereocenters. The summed E-state index contributed by atoms with van der Waals surface area (Å²) >= 11 is 0. The molecule has 12 rings (SSSR count). The molecule has 0 N–H and O–H groups in total. The van der Waals surface area contributed by atoms with Gasteiger partial charge in [-0.25, -0.2) is 0 Å². The van der Waals surface area contributed by atoms with Crippen LogP contribution in [0.4, 0.5) is 0 Å². The maximum absolute atomic E-state index is 12.6. The Labute approximate surface area is 393 Å². The van der Waals surface area contributed by atoms with Gasteiger partial charge in [0.2, 0.25) is 0 Å². The Morgan fingerprint density at radius 1 is 0.385 bits per heavy atom. The fraction of sp³-hybridized carbons (Fsp3) is 0.845. The monoisotopic (exact) mass is 905 g/mol. The van der Waals surface area contributed by atoms with Crippen LogP contribution in [0.5, 0.6) is 0 Å². The number of allylic oxidation sites excluding steroid dienone is 3. The smallest absolute Gasteiger partial charge is 0.370 e. The molecule has 12 aliphatic rings. The molecule has 0 amide bonds. The predicted octanol–water partition coefficient (Wildman–Crippen LogP) is 13.3. The Kier molecular flexibility index (Phi) is 10.4. The van der Waals surface area contributed by atoms with E-state index in [9.17, 15) is 14.4 Å². The number of ketones is 3. The third kappa shape index (κ3) is 6.46. The molecule has 7 heteroatoms. The minimum absolute atomic E-state index is 0.110. The summed E-state index contributed by atoms with van der Waals surface area (Å²) in [6.45, 7) is 17.7. The van der Waals surface area contributed by atoms with Crippen molar-refractivity contribution in [1.29, 1.82) is 0 Å². The van der Waals surface area contributed by atoms with Gasteiger partial charge in [-0.1, -0.05) is 58.3 Å². The van der Waals surface area contributed by atoms with Crippen molar-refractivity contribution >= 4 is 26.2 Å². The highest BCUT2D eigenvalue weighted by molar-refractivity contribution is 6.59. The summed E-state index contributed by atoms with van der Waals surface area (Å²) in [4.78, 5) is 37.8. The van der Waals surface area contributed by atoms with E-state index in [1.165, 1.54) is 93.8 Å². The first kappa shape index (κ1) is 44.5. The van der Waals surface area contributed by atoms with Gasteiger partial charge in [0, 0.05) is 25.8 Å². The van der Waals surface area contributed by atoms with Crippen molar-refractivity contribution in [3.8, 4) is 0 Å². The first-order valence-corrected chi connectivity index (χ1v) is 29.9. The molecule has 356 valence electrons. The quantitative estimate of drug-likeness (QED) is 0.247. The Bertz CT molecular complexity index is 1890. The lowest BCUT2D eigenvalue weighted by molar-refractivity contribution is -0.129. The molecule has 0 saturated heterocycles. The van der Waals surface area contributed by atoms with Crippen LogP contribution >= 0.6 is 0 Å². The zero-order valence-electron chi connectivity index (χ0n) is 41.6. The van der Waals surface area contributed by atoms with Crippen molar-refractivity contribution in [2.24, 2.45) is 85.8 Å². The van der Waals surface area contributed by atoms with Gasteiger partial charge in [0.25, 0.3) is 0 Å². The second-order valence-corrected chi connectivity index (χ2v) is 29.4. The summed E-state index contributed by atoms with van der Waals surface area (Å²) in [6.07, 6.45) is 33.2. The van der Waals surface area contributed by atoms with E-state index in [2.05, 4.69) is 66.3 Å². The van der Waals surface area contributed by atoms with Gasteiger partial charge in [-0.3, -0.25) is 14.4 Å². The molecule has 65 heavy (non-hydrogen) atoms. The lowest BCUT2D eigenvalue weighted by Crippen LogP contribution is -2.59. The second kappa shape index (κ2) is 15.2. The molecule has 0 aromatic heterocycles. The molecule has 9 fully saturated rings. The van der Waals surface area contributed by atoms with E-state index in [1.54, 1.807) is 0 Å². The third-order valence-electron chi connectivity index (χ3n) is 24.7. The number of rotatable bonds is 6. The van der Waals surface area contributed by atoms with E-state index >= 15 is 0 Å². The molecule has 0 aromatic rings. The molecule has 9 saturated carbocycles. The van der Waals surface area contributed by atoms with Gasteiger partial charge in [-0.05, 0) is 239 Å². The molecule has 0 aliphatic heterocycles. The average Bonchev–Trinajstić information content (AvgIpc) is 3.90. The standard InChI is InChI=1S/C58H84O6Si/c1-53-26-20-38(59)32-35(53)8-11-41-44-14-17-50(56(44,4)29-23-47(41)53)62-65(7,63-51-18-15-45-42-12-9-36-33-39(60)21-27-54(36,2)48(42)24-30-57(45,51)5)64-52-19-16-46-43-13-10-37-34-40(61)22-28-55(37,3)49(43)25-31-58(46,52)6/h32-34,41-52H,8-31H2,1-7H3/t41-,42-,43+,44+,45+,46+,47+,48+,49+,50+,51+,52+,53-,54+,55-,56-,57-,58-,65?/m0/s1. The molecule has 0 heterocycles. The van der Waals surface area contributed by atoms with Crippen LogP contribution < -0.4 is 0 Å². The fourth-order valence-corrected chi connectivity index (χ4v) is 23.9. The summed E-state index contributed by atoms with van der Waals surface area (Å²) in [5.74, 6) is 7.12. The van der Waals surface area contributed by atoms with E-state index in [0.29, 0.717) is 70.6 Å². The maximum Gasteiger partial charge on any atom is 0.498 e. The van der Waals surface area contributed by atoms with Crippen molar-refractivity contribution in [3.05, 3.63) is 34.9 Å².